The minimum absolute atomic E-state index is 0.00653. The van der Waals surface area contributed by atoms with Crippen molar-refractivity contribution in [2.45, 2.75) is 13.0 Å². The summed E-state index contributed by atoms with van der Waals surface area (Å²) in [4.78, 5) is 15.9. The molecule has 0 saturated carbocycles. The van der Waals surface area contributed by atoms with E-state index in [9.17, 15) is 4.79 Å². The lowest BCUT2D eigenvalue weighted by Crippen LogP contribution is -2.06. The fourth-order valence-electron chi connectivity index (χ4n) is 1.44. The van der Waals surface area contributed by atoms with Gasteiger partial charge in [-0.1, -0.05) is 0 Å². The molecular weight excluding hydrogens is 204 g/mol. The van der Waals surface area contributed by atoms with Crippen LogP contribution in [-0.2, 0) is 13.0 Å². The molecule has 0 saturated heterocycles. The second kappa shape index (κ2) is 4.72. The maximum absolute atomic E-state index is 11.9. The Labute approximate surface area is 93.1 Å². The van der Waals surface area contributed by atoms with Gasteiger partial charge in [-0.05, 0) is 24.3 Å². The van der Waals surface area contributed by atoms with E-state index in [1.54, 1.807) is 36.7 Å². The van der Waals surface area contributed by atoms with E-state index in [2.05, 4.69) is 4.98 Å². The molecule has 0 aliphatic heterocycles. The quantitative estimate of drug-likeness (QED) is 0.787. The van der Waals surface area contributed by atoms with Gasteiger partial charge in [-0.15, -0.1) is 0 Å². The average molecular weight is 216 g/mol. The molecule has 0 fully saturated rings. The van der Waals surface area contributed by atoms with Crippen molar-refractivity contribution in [3.63, 3.8) is 0 Å². The lowest BCUT2D eigenvalue weighted by atomic mass is 10.1. The zero-order chi connectivity index (χ0) is 11.4. The van der Waals surface area contributed by atoms with Crippen LogP contribution in [0.4, 0.5) is 0 Å². The number of nitrogens with two attached hydrogens (primary N) is 1. The highest BCUT2D eigenvalue weighted by Crippen LogP contribution is 2.08. The summed E-state index contributed by atoms with van der Waals surface area (Å²) in [5.74, 6) is 0.670. The maximum Gasteiger partial charge on any atom is 0.170 e. The maximum atomic E-state index is 11.9. The Kier molecular flexibility index (Phi) is 3.12. The van der Waals surface area contributed by atoms with E-state index in [0.29, 0.717) is 23.6 Å². The highest BCUT2D eigenvalue weighted by atomic mass is 16.3. The van der Waals surface area contributed by atoms with Crippen molar-refractivity contribution in [3.8, 4) is 0 Å². The van der Waals surface area contributed by atoms with E-state index in [-0.39, 0.29) is 12.2 Å². The van der Waals surface area contributed by atoms with Gasteiger partial charge in [0.2, 0.25) is 0 Å². The third-order valence-electron chi connectivity index (χ3n) is 2.26. The Morgan fingerprint density at radius 1 is 1.44 bits per heavy atom. The Balaban J connectivity index is 2.14. The van der Waals surface area contributed by atoms with Gasteiger partial charge in [0.25, 0.3) is 0 Å². The van der Waals surface area contributed by atoms with Gasteiger partial charge in [-0.3, -0.25) is 9.78 Å². The molecule has 4 heteroatoms. The predicted octanol–water partition coefficient (Wildman–Crippen LogP) is 1.56. The molecule has 2 heterocycles. The first-order valence-electron chi connectivity index (χ1n) is 5.00. The van der Waals surface area contributed by atoms with Crippen molar-refractivity contribution in [2.24, 2.45) is 5.73 Å². The fourth-order valence-corrected chi connectivity index (χ4v) is 1.44. The largest absolute Gasteiger partial charge is 0.469 e. The van der Waals surface area contributed by atoms with Crippen molar-refractivity contribution < 1.29 is 9.21 Å². The molecule has 82 valence electrons. The van der Waals surface area contributed by atoms with Crippen LogP contribution in [0, 0.1) is 0 Å². The monoisotopic (exact) mass is 216 g/mol. The van der Waals surface area contributed by atoms with Crippen LogP contribution in [0.25, 0.3) is 0 Å². The number of carbonyl (C=O) groups is 1. The molecule has 16 heavy (non-hydrogen) atoms. The Hall–Kier alpha value is -1.94. The number of carbonyl (C=O) groups excluding carboxylic acids is 1. The SMILES string of the molecule is NCc1cc(C(=O)Cc2ccco2)ccn1. The topological polar surface area (TPSA) is 69.1 Å². The zero-order valence-electron chi connectivity index (χ0n) is 8.72. The number of pyridine rings is 1. The molecule has 4 nitrogen and oxygen atoms in total. The molecule has 0 unspecified atom stereocenters. The number of aromatic nitrogens is 1. The van der Waals surface area contributed by atoms with E-state index in [1.165, 1.54) is 0 Å². The van der Waals surface area contributed by atoms with Gasteiger partial charge >= 0.3 is 0 Å². The van der Waals surface area contributed by atoms with E-state index in [1.807, 2.05) is 0 Å². The molecule has 2 aromatic heterocycles. The van der Waals surface area contributed by atoms with E-state index < -0.39 is 0 Å². The van der Waals surface area contributed by atoms with E-state index in [0.717, 1.165) is 0 Å². The standard InChI is InChI=1S/C12H12N2O2/c13-8-10-6-9(3-4-14-10)12(15)7-11-2-1-5-16-11/h1-6H,7-8,13H2. The average Bonchev–Trinajstić information content (AvgIpc) is 2.82. The van der Waals surface area contributed by atoms with Gasteiger partial charge in [0, 0.05) is 18.3 Å². The van der Waals surface area contributed by atoms with Crippen LogP contribution >= 0.6 is 0 Å². The summed E-state index contributed by atoms with van der Waals surface area (Å²) in [6.45, 7) is 0.335. The van der Waals surface area contributed by atoms with Crippen molar-refractivity contribution in [3.05, 3.63) is 53.7 Å². The summed E-state index contributed by atoms with van der Waals surface area (Å²) in [6, 6.07) is 6.94. The third kappa shape index (κ3) is 2.35. The lowest BCUT2D eigenvalue weighted by Gasteiger charge is -2.01. The Bertz CT molecular complexity index is 478. The summed E-state index contributed by atoms with van der Waals surface area (Å²) in [5, 5.41) is 0. The number of hydrogen-bond donors (Lipinski definition) is 1. The number of ketones is 1. The molecule has 0 amide bonds. The number of rotatable bonds is 4. The molecular formula is C12H12N2O2. The molecule has 0 radical (unpaired) electrons. The van der Waals surface area contributed by atoms with Gasteiger partial charge in [0.15, 0.2) is 5.78 Å². The highest BCUT2D eigenvalue weighted by Gasteiger charge is 2.09. The van der Waals surface area contributed by atoms with Crippen molar-refractivity contribution in [1.82, 2.24) is 4.98 Å². The van der Waals surface area contributed by atoms with E-state index in [4.69, 9.17) is 10.2 Å². The second-order valence-corrected chi connectivity index (χ2v) is 3.42. The predicted molar refractivity (Wildman–Crippen MR) is 58.9 cm³/mol. The molecule has 2 rings (SSSR count). The molecule has 0 bridgehead atoms. The van der Waals surface area contributed by atoms with Crippen molar-refractivity contribution >= 4 is 5.78 Å². The first-order chi connectivity index (χ1) is 7.79. The third-order valence-corrected chi connectivity index (χ3v) is 2.26. The van der Waals surface area contributed by atoms with Gasteiger partial charge in [0.1, 0.15) is 5.76 Å². The van der Waals surface area contributed by atoms with Crippen LogP contribution in [0.2, 0.25) is 0 Å². The van der Waals surface area contributed by atoms with Crippen LogP contribution in [0.3, 0.4) is 0 Å². The zero-order valence-corrected chi connectivity index (χ0v) is 8.72. The summed E-state index contributed by atoms with van der Waals surface area (Å²) < 4.78 is 5.12. The van der Waals surface area contributed by atoms with Crippen molar-refractivity contribution in [1.29, 1.82) is 0 Å². The molecule has 0 aromatic carbocycles. The Morgan fingerprint density at radius 3 is 3.00 bits per heavy atom. The molecule has 0 atom stereocenters. The van der Waals surface area contributed by atoms with Crippen LogP contribution in [0.5, 0.6) is 0 Å². The van der Waals surface area contributed by atoms with Gasteiger partial charge in [-0.25, -0.2) is 0 Å². The summed E-state index contributed by atoms with van der Waals surface area (Å²) >= 11 is 0. The highest BCUT2D eigenvalue weighted by molar-refractivity contribution is 5.97. The normalized spacial score (nSPS) is 10.3. The molecule has 0 spiro atoms. The minimum atomic E-state index is 0.00653. The number of hydrogen-bond acceptors (Lipinski definition) is 4. The minimum Gasteiger partial charge on any atom is -0.469 e. The van der Waals surface area contributed by atoms with Crippen LogP contribution in [0.15, 0.2) is 41.1 Å². The lowest BCUT2D eigenvalue weighted by molar-refractivity contribution is 0.0987. The summed E-state index contributed by atoms with van der Waals surface area (Å²) in [7, 11) is 0. The number of nitrogens with zero attached hydrogens (tertiary/aromatic N) is 1. The van der Waals surface area contributed by atoms with Gasteiger partial charge < -0.3 is 10.2 Å². The molecule has 0 aliphatic rings. The molecule has 0 aliphatic carbocycles. The van der Waals surface area contributed by atoms with Gasteiger partial charge in [-0.2, -0.15) is 0 Å². The molecule has 2 N–H and O–H groups in total. The van der Waals surface area contributed by atoms with Crippen LogP contribution in [-0.4, -0.2) is 10.8 Å². The first-order valence-corrected chi connectivity index (χ1v) is 5.00. The second-order valence-electron chi connectivity index (χ2n) is 3.42. The Morgan fingerprint density at radius 2 is 2.31 bits per heavy atom. The van der Waals surface area contributed by atoms with Crippen LogP contribution in [0.1, 0.15) is 21.8 Å². The summed E-state index contributed by atoms with van der Waals surface area (Å²) in [5.41, 5.74) is 6.79. The van der Waals surface area contributed by atoms with Crippen molar-refractivity contribution in [2.75, 3.05) is 0 Å². The number of Topliss-reactive ketones (excluding diaryl/α,β-unsaturated/α-hetero) is 1. The number of furan rings is 1. The van der Waals surface area contributed by atoms with Crippen LogP contribution < -0.4 is 5.73 Å². The van der Waals surface area contributed by atoms with E-state index >= 15 is 0 Å². The fraction of sp³-hybridized carbons (Fsp3) is 0.167. The smallest absolute Gasteiger partial charge is 0.170 e. The van der Waals surface area contributed by atoms with Gasteiger partial charge in [0.05, 0.1) is 18.4 Å². The summed E-state index contributed by atoms with van der Waals surface area (Å²) in [6.07, 6.45) is 3.42. The first kappa shape index (κ1) is 10.6. The molecule has 2 aromatic rings.